The fraction of sp³-hybridized carbons (Fsp3) is 0.491. The normalized spacial score (nSPS) is 33.2. The predicted octanol–water partition coefficient (Wildman–Crippen LogP) is 5.12. The van der Waals surface area contributed by atoms with Crippen LogP contribution in [-0.4, -0.2) is 124 Å². The van der Waals surface area contributed by atoms with Gasteiger partial charge in [-0.2, -0.15) is 11.8 Å². The van der Waals surface area contributed by atoms with Crippen LogP contribution in [0.1, 0.15) is 100 Å². The number of nitrogens with one attached hydrogen (secondary N) is 3. The molecule has 9 rings (SSSR count). The van der Waals surface area contributed by atoms with E-state index in [0.717, 1.165) is 6.92 Å². The summed E-state index contributed by atoms with van der Waals surface area (Å²) < 4.78 is 38.0. The molecule has 0 radical (unpaired) electrons. The van der Waals surface area contributed by atoms with Crippen molar-refractivity contribution in [3.05, 3.63) is 119 Å². The summed E-state index contributed by atoms with van der Waals surface area (Å²) in [6, 6.07) is 23.3. The van der Waals surface area contributed by atoms with Crippen LogP contribution >= 0.6 is 11.8 Å². The lowest BCUT2D eigenvalue weighted by molar-refractivity contribution is -0.346. The number of aliphatic hydroxyl groups is 1. The fourth-order valence-corrected chi connectivity index (χ4v) is 13.9. The van der Waals surface area contributed by atoms with Crippen molar-refractivity contribution in [3.63, 3.8) is 0 Å². The molecule has 5 fully saturated rings. The largest absolute Gasteiger partial charge is 0.461 e. The van der Waals surface area contributed by atoms with E-state index in [2.05, 4.69) is 16.0 Å². The number of benzene rings is 3. The molecule has 14 atom stereocenters. The first-order valence-corrected chi connectivity index (χ1v) is 25.9. The van der Waals surface area contributed by atoms with E-state index >= 15 is 4.79 Å². The summed E-state index contributed by atoms with van der Waals surface area (Å²) in [4.78, 5) is 113. The van der Waals surface area contributed by atoms with E-state index in [9.17, 15) is 38.7 Å². The van der Waals surface area contributed by atoms with Crippen LogP contribution in [0.15, 0.2) is 102 Å². The quantitative estimate of drug-likeness (QED) is 0.0751. The SMILES string of the molecule is CC(=O)O[C@H]1C(=O)[C@]2(C)C(OC(=O)CC3SC[C@@H]4NC(=O)N[C@H]34)C[C@H]3OC[C@@]3(OC(C)=O)C2[C@H](OC(=O)c2ccccc2)[C@]2(O)C[C@H](OC(=O)[C@H](C)[C@@H](NC(=O)c3ccccc3)c3ccccc3)C(C)=C1C2(C)C. The third-order valence-electron chi connectivity index (χ3n) is 16.3. The Morgan fingerprint density at radius 1 is 0.838 bits per heavy atom. The highest BCUT2D eigenvalue weighted by Gasteiger charge is 2.79. The van der Waals surface area contributed by atoms with Crippen LogP contribution < -0.4 is 16.0 Å². The van der Waals surface area contributed by atoms with Crippen molar-refractivity contribution in [2.75, 3.05) is 12.4 Å². The molecule has 19 heteroatoms. The van der Waals surface area contributed by atoms with Gasteiger partial charge in [0, 0.05) is 48.7 Å². The Labute approximate surface area is 432 Å². The summed E-state index contributed by atoms with van der Waals surface area (Å²) >= 11 is 1.47. The van der Waals surface area contributed by atoms with Crippen molar-refractivity contribution in [2.45, 2.75) is 133 Å². The van der Waals surface area contributed by atoms with E-state index < -0.39 is 124 Å². The van der Waals surface area contributed by atoms with Gasteiger partial charge in [0.1, 0.15) is 30.0 Å². The standard InChI is InChI=1S/C55H61N3O15S/c1-28-36(70-49(64)29(2)42(32-17-11-8-12-18-32)57-48(63)33-19-13-9-14-20-33)25-55(67)47(72-50(65)34-21-15-10-16-22-34)45-53(7,46(62)44(69-30(3)59)41(28)52(55,5)6)38(24-39-54(45,27-68-39)73-31(4)60)71-40(61)23-37-43-35(26-74-37)56-51(66)58-43/h8-22,29,35-39,42-45,47,67H,23-27H2,1-7H3,(H,57,63)(H2,56,58,66)/t29-,35+,36+,37?,38?,39-,42-,43+,44-,45?,47+,53-,54+,55-/m1/s1. The molecular formula is C55H61N3O15S. The summed E-state index contributed by atoms with van der Waals surface area (Å²) in [6.45, 7) is 9.78. The molecule has 3 saturated heterocycles. The molecule has 392 valence electrons. The van der Waals surface area contributed by atoms with E-state index in [-0.39, 0.29) is 54.3 Å². The van der Waals surface area contributed by atoms with E-state index in [1.807, 2.05) is 0 Å². The Morgan fingerprint density at radius 2 is 1.47 bits per heavy atom. The smallest absolute Gasteiger partial charge is 0.338 e. The number of amides is 3. The average molecular weight is 1040 g/mol. The van der Waals surface area contributed by atoms with Gasteiger partial charge in [-0.25, -0.2) is 9.59 Å². The first-order valence-electron chi connectivity index (χ1n) is 24.8. The molecule has 3 heterocycles. The van der Waals surface area contributed by atoms with E-state index in [1.165, 1.54) is 37.7 Å². The molecule has 74 heavy (non-hydrogen) atoms. The van der Waals surface area contributed by atoms with Crippen LogP contribution in [-0.2, 0) is 52.4 Å². The third kappa shape index (κ3) is 9.03. The van der Waals surface area contributed by atoms with Crippen LogP contribution in [0.25, 0.3) is 0 Å². The molecular weight excluding hydrogens is 975 g/mol. The van der Waals surface area contributed by atoms with Gasteiger partial charge in [-0.3, -0.25) is 28.8 Å². The molecule has 3 aromatic rings. The Bertz CT molecular complexity index is 2780. The number of rotatable bonds is 13. The minimum Gasteiger partial charge on any atom is -0.461 e. The molecule has 2 bridgehead atoms. The van der Waals surface area contributed by atoms with E-state index in [0.29, 0.717) is 16.9 Å². The van der Waals surface area contributed by atoms with Crippen LogP contribution in [0.2, 0.25) is 0 Å². The first kappa shape index (κ1) is 52.3. The summed E-state index contributed by atoms with van der Waals surface area (Å²) in [6.07, 6.45) is -8.55. The number of hydrogen-bond acceptors (Lipinski definition) is 16. The molecule has 18 nitrogen and oxygen atoms in total. The molecule has 3 aromatic carbocycles. The van der Waals surface area contributed by atoms with Crippen molar-refractivity contribution in [2.24, 2.45) is 22.7 Å². The monoisotopic (exact) mass is 1040 g/mol. The van der Waals surface area contributed by atoms with Crippen molar-refractivity contribution < 1.29 is 71.9 Å². The zero-order chi connectivity index (χ0) is 53.1. The third-order valence-corrected chi connectivity index (χ3v) is 17.8. The molecule has 3 unspecified atom stereocenters. The van der Waals surface area contributed by atoms with Gasteiger partial charge in [0.15, 0.2) is 17.5 Å². The number of carbonyl (C=O) groups excluding carboxylic acids is 8. The molecule has 2 saturated carbocycles. The van der Waals surface area contributed by atoms with Gasteiger partial charge in [-0.15, -0.1) is 0 Å². The molecule has 6 aliphatic rings. The molecule has 0 aromatic heterocycles. The number of fused-ring (bicyclic) bond motifs is 6. The lowest BCUT2D eigenvalue weighted by Crippen LogP contribution is -2.82. The zero-order valence-electron chi connectivity index (χ0n) is 42.1. The van der Waals surface area contributed by atoms with Crippen molar-refractivity contribution >= 4 is 59.3 Å². The second-order valence-corrected chi connectivity index (χ2v) is 22.3. The van der Waals surface area contributed by atoms with Crippen molar-refractivity contribution in [1.29, 1.82) is 0 Å². The van der Waals surface area contributed by atoms with E-state index in [1.54, 1.807) is 107 Å². The van der Waals surface area contributed by atoms with Gasteiger partial charge in [-0.1, -0.05) is 80.6 Å². The highest BCUT2D eigenvalue weighted by molar-refractivity contribution is 8.00. The van der Waals surface area contributed by atoms with Gasteiger partial charge in [-0.05, 0) is 61.7 Å². The van der Waals surface area contributed by atoms with Gasteiger partial charge in [0.2, 0.25) is 0 Å². The minimum absolute atomic E-state index is 0.0331. The zero-order valence-corrected chi connectivity index (χ0v) is 42.9. The maximum absolute atomic E-state index is 16.3. The topological polar surface area (TPSA) is 248 Å². The first-order chi connectivity index (χ1) is 35.1. The number of hydrogen-bond donors (Lipinski definition) is 4. The van der Waals surface area contributed by atoms with Crippen LogP contribution in [0.4, 0.5) is 4.79 Å². The molecule has 3 amide bonds. The van der Waals surface area contributed by atoms with Crippen LogP contribution in [0, 0.1) is 22.7 Å². The Kier molecular flexibility index (Phi) is 14.1. The highest BCUT2D eigenvalue weighted by Crippen LogP contribution is 2.65. The second-order valence-electron chi connectivity index (χ2n) is 21.0. The summed E-state index contributed by atoms with van der Waals surface area (Å²) in [5, 5.41) is 22.4. The van der Waals surface area contributed by atoms with Crippen molar-refractivity contribution in [3.8, 4) is 0 Å². The molecule has 3 aliphatic heterocycles. The number of ketones is 1. The summed E-state index contributed by atoms with van der Waals surface area (Å²) in [5.74, 6) is -7.63. The molecule has 4 N–H and O–H groups in total. The maximum Gasteiger partial charge on any atom is 0.338 e. The number of carbonyl (C=O) groups is 8. The van der Waals surface area contributed by atoms with E-state index in [4.69, 9.17) is 28.4 Å². The fourth-order valence-electron chi connectivity index (χ4n) is 12.5. The number of esters is 5. The van der Waals surface area contributed by atoms with Crippen LogP contribution in [0.5, 0.6) is 0 Å². The second kappa shape index (κ2) is 19.9. The lowest BCUT2D eigenvalue weighted by Gasteiger charge is -2.67. The molecule has 0 spiro atoms. The Balaban J connectivity index is 1.18. The highest BCUT2D eigenvalue weighted by atomic mass is 32.2. The summed E-state index contributed by atoms with van der Waals surface area (Å²) in [7, 11) is 0. The Morgan fingerprint density at radius 3 is 2.08 bits per heavy atom. The number of Topliss-reactive ketones (excluding diaryl/α,β-unsaturated/α-hetero) is 1. The van der Waals surface area contributed by atoms with Gasteiger partial charge in [0.05, 0.1) is 54.0 Å². The summed E-state index contributed by atoms with van der Waals surface area (Å²) in [5.41, 5.74) is -6.78. The number of thioether (sulfide) groups is 1. The predicted molar refractivity (Wildman–Crippen MR) is 265 cm³/mol. The van der Waals surface area contributed by atoms with Crippen LogP contribution in [0.3, 0.4) is 0 Å². The average Bonchev–Trinajstić information content (AvgIpc) is 3.92. The maximum atomic E-state index is 16.3. The minimum atomic E-state index is -2.41. The number of urea groups is 1. The van der Waals surface area contributed by atoms with Gasteiger partial charge >= 0.3 is 35.9 Å². The molecule has 3 aliphatic carbocycles. The number of ether oxygens (including phenoxy) is 6. The van der Waals surface area contributed by atoms with Gasteiger partial charge in [0.25, 0.3) is 5.91 Å². The Hall–Kier alpha value is -6.57. The van der Waals surface area contributed by atoms with Gasteiger partial charge < -0.3 is 49.5 Å². The lowest BCUT2D eigenvalue weighted by atomic mass is 9.44. The van der Waals surface area contributed by atoms with Crippen molar-refractivity contribution in [1.82, 2.24) is 16.0 Å².